The fourth-order valence-electron chi connectivity index (χ4n) is 4.19. The monoisotopic (exact) mass is 452 g/mol. The van der Waals surface area contributed by atoms with Crippen molar-refractivity contribution in [3.63, 3.8) is 0 Å². The third-order valence-corrected chi connectivity index (χ3v) is 6.72. The molecule has 0 saturated carbocycles. The first-order valence-corrected chi connectivity index (χ1v) is 11.5. The van der Waals surface area contributed by atoms with Crippen LogP contribution < -0.4 is 9.47 Å². The molecule has 4 heteroatoms. The van der Waals surface area contributed by atoms with E-state index in [4.69, 9.17) is 9.47 Å². The van der Waals surface area contributed by atoms with Crippen LogP contribution >= 0.6 is 0 Å². The van der Waals surface area contributed by atoms with Gasteiger partial charge in [0.25, 0.3) is 0 Å². The molecule has 0 amide bonds. The van der Waals surface area contributed by atoms with Crippen LogP contribution in [0.15, 0.2) is 85.2 Å². The summed E-state index contributed by atoms with van der Waals surface area (Å²) in [5.41, 5.74) is 5.65. The first-order valence-electron chi connectivity index (χ1n) is 11.5. The SMILES string of the molecule is COc1ccc(C(C)(C)c2ccc(C(C)(C)c3ccc(Oc4cc(C)ncn4)cc3)cc2)cc1. The molecule has 1 heterocycles. The van der Waals surface area contributed by atoms with Crippen molar-refractivity contribution in [1.82, 2.24) is 9.97 Å². The summed E-state index contributed by atoms with van der Waals surface area (Å²) in [4.78, 5) is 8.28. The maximum Gasteiger partial charge on any atom is 0.222 e. The van der Waals surface area contributed by atoms with Gasteiger partial charge >= 0.3 is 0 Å². The lowest BCUT2D eigenvalue weighted by Gasteiger charge is -2.29. The normalized spacial score (nSPS) is 11.8. The van der Waals surface area contributed by atoms with Crippen LogP contribution in [0, 0.1) is 6.92 Å². The molecule has 0 atom stereocenters. The number of aryl methyl sites for hydroxylation is 1. The molecule has 4 nitrogen and oxygen atoms in total. The molecule has 0 aliphatic carbocycles. The van der Waals surface area contributed by atoms with E-state index in [0.717, 1.165) is 17.2 Å². The molecule has 0 unspecified atom stereocenters. The largest absolute Gasteiger partial charge is 0.497 e. The average Bonchev–Trinajstić information content (AvgIpc) is 2.84. The Morgan fingerprint density at radius 2 is 1.00 bits per heavy atom. The van der Waals surface area contributed by atoms with Crippen molar-refractivity contribution in [3.8, 4) is 17.4 Å². The lowest BCUT2D eigenvalue weighted by molar-refractivity contribution is 0.414. The summed E-state index contributed by atoms with van der Waals surface area (Å²) in [6, 6.07) is 27.4. The van der Waals surface area contributed by atoms with Gasteiger partial charge in [0.05, 0.1) is 7.11 Å². The molecule has 0 radical (unpaired) electrons. The number of hydrogen-bond donors (Lipinski definition) is 0. The molecule has 0 aliphatic heterocycles. The van der Waals surface area contributed by atoms with Crippen molar-refractivity contribution in [2.75, 3.05) is 7.11 Å². The number of rotatable bonds is 7. The standard InChI is InChI=1S/C30H32N2O2/c1-21-19-28(32-20-31-21)34-27-17-13-25(14-18-27)30(4,5)23-9-7-22(8-10-23)29(2,3)24-11-15-26(33-6)16-12-24/h7-20H,1-6H3. The van der Waals surface area contributed by atoms with Gasteiger partial charge in [-0.15, -0.1) is 0 Å². The highest BCUT2D eigenvalue weighted by molar-refractivity contribution is 5.45. The fraction of sp³-hybridized carbons (Fsp3) is 0.267. The van der Waals surface area contributed by atoms with Crippen molar-refractivity contribution in [1.29, 1.82) is 0 Å². The van der Waals surface area contributed by atoms with E-state index in [1.54, 1.807) is 7.11 Å². The number of benzene rings is 3. The van der Waals surface area contributed by atoms with Crippen molar-refractivity contribution < 1.29 is 9.47 Å². The summed E-state index contributed by atoms with van der Waals surface area (Å²) in [5.74, 6) is 2.18. The van der Waals surface area contributed by atoms with Crippen LogP contribution in [0.2, 0.25) is 0 Å². The fourth-order valence-corrected chi connectivity index (χ4v) is 4.19. The first-order chi connectivity index (χ1) is 16.2. The van der Waals surface area contributed by atoms with Gasteiger partial charge in [-0.3, -0.25) is 0 Å². The summed E-state index contributed by atoms with van der Waals surface area (Å²) in [6.45, 7) is 10.9. The van der Waals surface area contributed by atoms with E-state index in [9.17, 15) is 0 Å². The van der Waals surface area contributed by atoms with Gasteiger partial charge in [-0.25, -0.2) is 9.97 Å². The lowest BCUT2D eigenvalue weighted by atomic mass is 9.74. The molecular formula is C30H32N2O2. The van der Waals surface area contributed by atoms with E-state index in [0.29, 0.717) is 5.88 Å². The van der Waals surface area contributed by atoms with Gasteiger partial charge < -0.3 is 9.47 Å². The zero-order chi connectivity index (χ0) is 24.3. The van der Waals surface area contributed by atoms with Crippen molar-refractivity contribution in [2.45, 2.75) is 45.4 Å². The second-order valence-electron chi connectivity index (χ2n) is 9.68. The Bertz CT molecular complexity index is 1240. The number of hydrogen-bond acceptors (Lipinski definition) is 4. The van der Waals surface area contributed by atoms with E-state index in [1.165, 1.54) is 28.6 Å². The van der Waals surface area contributed by atoms with Gasteiger partial charge in [-0.2, -0.15) is 0 Å². The Morgan fingerprint density at radius 1 is 0.588 bits per heavy atom. The number of aromatic nitrogens is 2. The second kappa shape index (κ2) is 9.30. The van der Waals surface area contributed by atoms with E-state index in [2.05, 4.69) is 86.2 Å². The number of ether oxygens (including phenoxy) is 2. The maximum atomic E-state index is 5.88. The molecule has 0 spiro atoms. The summed E-state index contributed by atoms with van der Waals surface area (Å²) in [7, 11) is 1.69. The van der Waals surface area contributed by atoms with Gasteiger partial charge in [0.15, 0.2) is 0 Å². The lowest BCUT2D eigenvalue weighted by Crippen LogP contribution is -2.21. The van der Waals surface area contributed by atoms with Crippen LogP contribution in [-0.4, -0.2) is 17.1 Å². The first kappa shape index (κ1) is 23.5. The smallest absolute Gasteiger partial charge is 0.222 e. The summed E-state index contributed by atoms with van der Waals surface area (Å²) >= 11 is 0. The molecule has 0 bridgehead atoms. The van der Waals surface area contributed by atoms with Crippen LogP contribution in [0.3, 0.4) is 0 Å². The quantitative estimate of drug-likeness (QED) is 0.296. The molecule has 0 N–H and O–H groups in total. The predicted octanol–water partition coefficient (Wildman–Crippen LogP) is 7.24. The van der Waals surface area contributed by atoms with Gasteiger partial charge in [0.1, 0.15) is 17.8 Å². The van der Waals surface area contributed by atoms with E-state index >= 15 is 0 Å². The molecular weight excluding hydrogens is 420 g/mol. The molecule has 174 valence electrons. The minimum atomic E-state index is -0.146. The zero-order valence-electron chi connectivity index (χ0n) is 20.8. The van der Waals surface area contributed by atoms with Gasteiger partial charge in [-0.05, 0) is 53.4 Å². The summed E-state index contributed by atoms with van der Waals surface area (Å²) in [5, 5.41) is 0. The molecule has 4 aromatic rings. The Kier molecular flexibility index (Phi) is 6.43. The minimum absolute atomic E-state index is 0.104. The highest BCUT2D eigenvalue weighted by atomic mass is 16.5. The third kappa shape index (κ3) is 4.81. The van der Waals surface area contributed by atoms with Crippen molar-refractivity contribution in [2.24, 2.45) is 0 Å². The van der Waals surface area contributed by atoms with E-state index < -0.39 is 0 Å². The average molecular weight is 453 g/mol. The molecule has 3 aromatic carbocycles. The Labute approximate surface area is 202 Å². The van der Waals surface area contributed by atoms with Crippen LogP contribution in [0.5, 0.6) is 17.4 Å². The second-order valence-corrected chi connectivity index (χ2v) is 9.68. The highest BCUT2D eigenvalue weighted by Crippen LogP contribution is 2.36. The number of methoxy groups -OCH3 is 1. The molecule has 0 fully saturated rings. The van der Waals surface area contributed by atoms with Gasteiger partial charge in [0, 0.05) is 22.6 Å². The minimum Gasteiger partial charge on any atom is -0.497 e. The van der Waals surface area contributed by atoms with Crippen molar-refractivity contribution >= 4 is 0 Å². The van der Waals surface area contributed by atoms with Gasteiger partial charge in [0.2, 0.25) is 5.88 Å². The van der Waals surface area contributed by atoms with Crippen LogP contribution in [0.1, 0.15) is 55.6 Å². The highest BCUT2D eigenvalue weighted by Gasteiger charge is 2.26. The topological polar surface area (TPSA) is 44.2 Å². The van der Waals surface area contributed by atoms with E-state index in [-0.39, 0.29) is 10.8 Å². The summed E-state index contributed by atoms with van der Waals surface area (Å²) < 4.78 is 11.2. The molecule has 0 aliphatic rings. The third-order valence-electron chi connectivity index (χ3n) is 6.72. The maximum absolute atomic E-state index is 5.88. The molecule has 0 saturated heterocycles. The Hall–Kier alpha value is -3.66. The van der Waals surface area contributed by atoms with Crippen LogP contribution in [-0.2, 0) is 10.8 Å². The Morgan fingerprint density at radius 3 is 1.41 bits per heavy atom. The molecule has 1 aromatic heterocycles. The van der Waals surface area contributed by atoms with E-state index in [1.807, 2.05) is 37.3 Å². The molecule has 4 rings (SSSR count). The molecule has 34 heavy (non-hydrogen) atoms. The predicted molar refractivity (Wildman–Crippen MR) is 137 cm³/mol. The Balaban J connectivity index is 1.53. The number of nitrogens with zero attached hydrogens (tertiary/aromatic N) is 2. The van der Waals surface area contributed by atoms with Crippen LogP contribution in [0.4, 0.5) is 0 Å². The zero-order valence-corrected chi connectivity index (χ0v) is 20.8. The summed E-state index contributed by atoms with van der Waals surface area (Å²) in [6.07, 6.45) is 1.52. The van der Waals surface area contributed by atoms with Crippen molar-refractivity contribution in [3.05, 3.63) is 113 Å². The van der Waals surface area contributed by atoms with Gasteiger partial charge in [-0.1, -0.05) is 76.2 Å². The van der Waals surface area contributed by atoms with Crippen LogP contribution in [0.25, 0.3) is 0 Å².